The minimum atomic E-state index is -0.126. The van der Waals surface area contributed by atoms with Crippen LogP contribution in [0.25, 0.3) is 0 Å². The lowest BCUT2D eigenvalue weighted by Gasteiger charge is -2.32. The van der Waals surface area contributed by atoms with Gasteiger partial charge in [-0.05, 0) is 19.8 Å². The van der Waals surface area contributed by atoms with Crippen molar-refractivity contribution in [3.8, 4) is 0 Å². The summed E-state index contributed by atoms with van der Waals surface area (Å²) in [6.45, 7) is 5.78. The van der Waals surface area contributed by atoms with E-state index in [9.17, 15) is 9.59 Å². The fourth-order valence-corrected chi connectivity index (χ4v) is 2.70. The molecule has 2 heterocycles. The van der Waals surface area contributed by atoms with Crippen LogP contribution in [-0.4, -0.2) is 62.3 Å². The van der Waals surface area contributed by atoms with Crippen LogP contribution in [0.1, 0.15) is 26.2 Å². The van der Waals surface area contributed by atoms with Crippen molar-refractivity contribution in [2.24, 2.45) is 5.92 Å². The number of nitrogens with one attached hydrogen (secondary N) is 1. The van der Waals surface area contributed by atoms with Crippen molar-refractivity contribution < 1.29 is 19.1 Å². The molecule has 2 aliphatic heterocycles. The Hall–Kier alpha value is -1.14. The average molecular weight is 284 g/mol. The van der Waals surface area contributed by atoms with Crippen molar-refractivity contribution in [3.63, 3.8) is 0 Å². The molecule has 0 aromatic carbocycles. The predicted octanol–water partition coefficient (Wildman–Crippen LogP) is 0.167. The molecule has 0 radical (unpaired) electrons. The van der Waals surface area contributed by atoms with Gasteiger partial charge in [-0.1, -0.05) is 0 Å². The lowest BCUT2D eigenvalue weighted by atomic mass is 9.96. The molecule has 2 aliphatic rings. The van der Waals surface area contributed by atoms with Gasteiger partial charge in [-0.3, -0.25) is 9.59 Å². The van der Waals surface area contributed by atoms with Gasteiger partial charge >= 0.3 is 5.97 Å². The Morgan fingerprint density at radius 1 is 1.35 bits per heavy atom. The third-order valence-corrected chi connectivity index (χ3v) is 3.87. The van der Waals surface area contributed by atoms with Crippen molar-refractivity contribution in [2.75, 3.05) is 39.4 Å². The lowest BCUT2D eigenvalue weighted by Crippen LogP contribution is -2.45. The van der Waals surface area contributed by atoms with Gasteiger partial charge in [0.1, 0.15) is 0 Å². The SMILES string of the molecule is CCOC(=O)C1CCN(C(=O)CC2CNCCO2)CC1. The van der Waals surface area contributed by atoms with E-state index in [4.69, 9.17) is 9.47 Å². The van der Waals surface area contributed by atoms with E-state index < -0.39 is 0 Å². The molecule has 0 aromatic rings. The second kappa shape index (κ2) is 7.59. The number of amides is 1. The summed E-state index contributed by atoms with van der Waals surface area (Å²) in [6, 6.07) is 0. The maximum absolute atomic E-state index is 12.2. The monoisotopic (exact) mass is 284 g/mol. The standard InChI is InChI=1S/C14H24N2O4/c1-2-19-14(18)11-3-6-16(7-4-11)13(17)9-12-10-15-5-8-20-12/h11-12,15H,2-10H2,1H3. The summed E-state index contributed by atoms with van der Waals surface area (Å²) in [5, 5.41) is 3.22. The van der Waals surface area contributed by atoms with Gasteiger partial charge in [-0.25, -0.2) is 0 Å². The van der Waals surface area contributed by atoms with E-state index in [-0.39, 0.29) is 23.9 Å². The number of carbonyl (C=O) groups is 2. The Morgan fingerprint density at radius 2 is 2.10 bits per heavy atom. The first-order valence-corrected chi connectivity index (χ1v) is 7.47. The highest BCUT2D eigenvalue weighted by Gasteiger charge is 2.29. The van der Waals surface area contributed by atoms with Crippen LogP contribution in [0.3, 0.4) is 0 Å². The number of likely N-dealkylation sites (tertiary alicyclic amines) is 1. The van der Waals surface area contributed by atoms with Crippen LogP contribution in [0.4, 0.5) is 0 Å². The van der Waals surface area contributed by atoms with E-state index in [1.807, 2.05) is 11.8 Å². The third kappa shape index (κ3) is 4.18. The predicted molar refractivity (Wildman–Crippen MR) is 73.2 cm³/mol. The zero-order valence-electron chi connectivity index (χ0n) is 12.1. The largest absolute Gasteiger partial charge is 0.466 e. The van der Waals surface area contributed by atoms with Crippen molar-refractivity contribution in [2.45, 2.75) is 32.3 Å². The molecule has 6 heteroatoms. The van der Waals surface area contributed by atoms with E-state index in [1.54, 1.807) is 0 Å². The number of piperidine rings is 1. The van der Waals surface area contributed by atoms with Crippen LogP contribution in [0.2, 0.25) is 0 Å². The van der Waals surface area contributed by atoms with Crippen molar-refractivity contribution in [1.29, 1.82) is 0 Å². The highest BCUT2D eigenvalue weighted by Crippen LogP contribution is 2.19. The van der Waals surface area contributed by atoms with E-state index >= 15 is 0 Å². The fraction of sp³-hybridized carbons (Fsp3) is 0.857. The normalized spacial score (nSPS) is 24.4. The minimum absolute atomic E-state index is 0.0148. The zero-order chi connectivity index (χ0) is 14.4. The van der Waals surface area contributed by atoms with Crippen molar-refractivity contribution in [3.05, 3.63) is 0 Å². The lowest BCUT2D eigenvalue weighted by molar-refractivity contribution is -0.151. The van der Waals surface area contributed by atoms with E-state index in [1.165, 1.54) is 0 Å². The number of rotatable bonds is 4. The van der Waals surface area contributed by atoms with Gasteiger partial charge in [-0.2, -0.15) is 0 Å². The first-order valence-electron chi connectivity index (χ1n) is 7.47. The zero-order valence-corrected chi connectivity index (χ0v) is 12.1. The maximum Gasteiger partial charge on any atom is 0.309 e. The van der Waals surface area contributed by atoms with Gasteiger partial charge in [0.05, 0.1) is 31.7 Å². The molecule has 2 fully saturated rings. The number of nitrogens with zero attached hydrogens (tertiary/aromatic N) is 1. The first kappa shape index (κ1) is 15.3. The van der Waals surface area contributed by atoms with E-state index in [0.29, 0.717) is 45.6 Å². The second-order valence-corrected chi connectivity index (χ2v) is 5.31. The molecular formula is C14H24N2O4. The van der Waals surface area contributed by atoms with Crippen LogP contribution < -0.4 is 5.32 Å². The van der Waals surface area contributed by atoms with Gasteiger partial charge in [0.2, 0.25) is 5.91 Å². The number of carbonyl (C=O) groups excluding carboxylic acids is 2. The molecule has 2 saturated heterocycles. The maximum atomic E-state index is 12.2. The Kier molecular flexibility index (Phi) is 5.79. The van der Waals surface area contributed by atoms with Crippen LogP contribution >= 0.6 is 0 Å². The Bertz CT molecular complexity index is 334. The molecule has 1 amide bonds. The van der Waals surface area contributed by atoms with Gasteiger partial charge < -0.3 is 19.7 Å². The molecule has 0 bridgehead atoms. The molecule has 6 nitrogen and oxygen atoms in total. The topological polar surface area (TPSA) is 67.9 Å². The molecule has 1 unspecified atom stereocenters. The fourth-order valence-electron chi connectivity index (χ4n) is 2.70. The Labute approximate surface area is 119 Å². The molecule has 20 heavy (non-hydrogen) atoms. The highest BCUT2D eigenvalue weighted by atomic mass is 16.5. The number of ether oxygens (including phenoxy) is 2. The molecule has 1 atom stereocenters. The summed E-state index contributed by atoms with van der Waals surface area (Å²) in [5.41, 5.74) is 0. The van der Waals surface area contributed by atoms with Crippen LogP contribution in [-0.2, 0) is 19.1 Å². The first-order chi connectivity index (χ1) is 9.70. The van der Waals surface area contributed by atoms with Gasteiger partial charge in [0.25, 0.3) is 0 Å². The van der Waals surface area contributed by atoms with Crippen LogP contribution in [0.15, 0.2) is 0 Å². The van der Waals surface area contributed by atoms with Crippen molar-refractivity contribution in [1.82, 2.24) is 10.2 Å². The Balaban J connectivity index is 1.72. The molecule has 114 valence electrons. The Morgan fingerprint density at radius 3 is 2.70 bits per heavy atom. The molecule has 1 N–H and O–H groups in total. The molecule has 0 saturated carbocycles. The summed E-state index contributed by atoms with van der Waals surface area (Å²) in [4.78, 5) is 25.6. The van der Waals surface area contributed by atoms with Gasteiger partial charge in [0, 0.05) is 26.2 Å². The number of esters is 1. The molecule has 0 aromatic heterocycles. The summed E-state index contributed by atoms with van der Waals surface area (Å²) in [7, 11) is 0. The second-order valence-electron chi connectivity index (χ2n) is 5.31. The summed E-state index contributed by atoms with van der Waals surface area (Å²) < 4.78 is 10.6. The number of hydrogen-bond donors (Lipinski definition) is 1. The van der Waals surface area contributed by atoms with E-state index in [2.05, 4.69) is 5.32 Å². The van der Waals surface area contributed by atoms with E-state index in [0.717, 1.165) is 13.1 Å². The van der Waals surface area contributed by atoms with Gasteiger partial charge in [0.15, 0.2) is 0 Å². The smallest absolute Gasteiger partial charge is 0.309 e. The van der Waals surface area contributed by atoms with Crippen LogP contribution in [0.5, 0.6) is 0 Å². The summed E-state index contributed by atoms with van der Waals surface area (Å²) >= 11 is 0. The summed E-state index contributed by atoms with van der Waals surface area (Å²) in [5.74, 6) is -0.0491. The van der Waals surface area contributed by atoms with Crippen molar-refractivity contribution >= 4 is 11.9 Å². The third-order valence-electron chi connectivity index (χ3n) is 3.87. The highest BCUT2D eigenvalue weighted by molar-refractivity contribution is 5.77. The summed E-state index contributed by atoms with van der Waals surface area (Å²) in [6.07, 6.45) is 1.82. The number of hydrogen-bond acceptors (Lipinski definition) is 5. The molecule has 0 aliphatic carbocycles. The molecular weight excluding hydrogens is 260 g/mol. The minimum Gasteiger partial charge on any atom is -0.466 e. The molecule has 0 spiro atoms. The quantitative estimate of drug-likeness (QED) is 0.745. The number of morpholine rings is 1. The average Bonchev–Trinajstić information content (AvgIpc) is 2.48. The molecule has 2 rings (SSSR count). The van der Waals surface area contributed by atoms with Gasteiger partial charge in [-0.15, -0.1) is 0 Å². The van der Waals surface area contributed by atoms with Crippen LogP contribution in [0, 0.1) is 5.92 Å².